The first kappa shape index (κ1) is 19.2. The Kier molecular flexibility index (Phi) is 5.08. The molecule has 0 bridgehead atoms. The second kappa shape index (κ2) is 8.20. The lowest BCUT2D eigenvalue weighted by molar-refractivity contribution is -0.0375. The van der Waals surface area contributed by atoms with Crippen LogP contribution in [0, 0.1) is 17.8 Å². The van der Waals surface area contributed by atoms with Gasteiger partial charge in [-0.15, -0.1) is 5.10 Å². The van der Waals surface area contributed by atoms with Gasteiger partial charge in [-0.2, -0.15) is 0 Å². The van der Waals surface area contributed by atoms with Gasteiger partial charge in [0.1, 0.15) is 5.69 Å². The lowest BCUT2D eigenvalue weighted by Crippen LogP contribution is -2.38. The van der Waals surface area contributed by atoms with Crippen molar-refractivity contribution in [3.63, 3.8) is 0 Å². The topological polar surface area (TPSA) is 69.2 Å². The van der Waals surface area contributed by atoms with Crippen LogP contribution in [0.15, 0.2) is 53.6 Å². The number of aromatic nitrogens is 4. The number of fused-ring (bicyclic) bond motifs is 1. The van der Waals surface area contributed by atoms with Crippen LogP contribution in [0.5, 0.6) is 0 Å². The Balaban J connectivity index is 1.20. The average molecular weight is 420 g/mol. The molecule has 6 rings (SSSR count). The van der Waals surface area contributed by atoms with Gasteiger partial charge >= 0.3 is 0 Å². The third kappa shape index (κ3) is 4.16. The van der Waals surface area contributed by atoms with Crippen molar-refractivity contribution in [2.24, 2.45) is 17.8 Å². The summed E-state index contributed by atoms with van der Waals surface area (Å²) in [7, 11) is 0. The van der Waals surface area contributed by atoms with Gasteiger partial charge in [0, 0.05) is 38.0 Å². The summed E-state index contributed by atoms with van der Waals surface area (Å²) in [5.41, 5.74) is 2.95. The van der Waals surface area contributed by atoms with Crippen LogP contribution in [0.4, 0.5) is 0 Å². The zero-order chi connectivity index (χ0) is 20.6. The van der Waals surface area contributed by atoms with E-state index in [1.54, 1.807) is 12.5 Å². The van der Waals surface area contributed by atoms with E-state index < -0.39 is 0 Å². The molecule has 3 aliphatic rings. The number of ether oxygens (including phenoxy) is 1. The Morgan fingerprint density at radius 1 is 1.06 bits per heavy atom. The van der Waals surface area contributed by atoms with Crippen LogP contribution in [0.1, 0.15) is 37.3 Å². The minimum Gasteiger partial charge on any atom is -0.472 e. The Morgan fingerprint density at radius 2 is 1.97 bits per heavy atom. The number of likely N-dealkylation sites (tertiary alicyclic amines) is 1. The molecule has 162 valence electrons. The second-order valence-electron chi connectivity index (χ2n) is 9.50. The summed E-state index contributed by atoms with van der Waals surface area (Å²) < 4.78 is 13.8. The van der Waals surface area contributed by atoms with Crippen LogP contribution in [0.2, 0.25) is 0 Å². The van der Waals surface area contributed by atoms with Gasteiger partial charge in [-0.25, -0.2) is 4.68 Å². The van der Waals surface area contributed by atoms with E-state index in [0.717, 1.165) is 56.4 Å². The van der Waals surface area contributed by atoms with E-state index >= 15 is 0 Å². The van der Waals surface area contributed by atoms with Gasteiger partial charge in [0.05, 0.1) is 36.6 Å². The van der Waals surface area contributed by atoms with Crippen molar-refractivity contribution >= 4 is 0 Å². The molecular formula is C24H29N5O2. The van der Waals surface area contributed by atoms with E-state index in [2.05, 4.69) is 37.1 Å². The number of nitrogens with zero attached hydrogens (tertiary/aromatic N) is 5. The summed E-state index contributed by atoms with van der Waals surface area (Å²) in [6, 6.07) is 8.20. The number of furan rings is 1. The van der Waals surface area contributed by atoms with E-state index in [0.29, 0.717) is 11.8 Å². The maximum absolute atomic E-state index is 6.50. The molecule has 2 saturated carbocycles. The molecule has 3 aromatic rings. The molecule has 7 nitrogen and oxygen atoms in total. The van der Waals surface area contributed by atoms with Crippen LogP contribution < -0.4 is 0 Å². The van der Waals surface area contributed by atoms with Crippen molar-refractivity contribution < 1.29 is 9.15 Å². The molecular weight excluding hydrogens is 390 g/mol. The molecule has 1 saturated heterocycles. The van der Waals surface area contributed by atoms with E-state index in [1.807, 2.05) is 24.5 Å². The molecule has 3 fully saturated rings. The smallest absolute Gasteiger partial charge is 0.131 e. The van der Waals surface area contributed by atoms with Crippen molar-refractivity contribution in [2.75, 3.05) is 19.7 Å². The average Bonchev–Trinajstić information content (AvgIpc) is 3.18. The van der Waals surface area contributed by atoms with Crippen LogP contribution in [0.25, 0.3) is 11.4 Å². The SMILES string of the molecule is c1ccc(-c2cn([C@@H]3C[C@@H]4CN(Cc5ccoc5)C[C@@H]4C[C@H]3OCC3CC3)nn2)nc1. The highest BCUT2D eigenvalue weighted by atomic mass is 16.5. The van der Waals surface area contributed by atoms with E-state index in [9.17, 15) is 0 Å². The summed E-state index contributed by atoms with van der Waals surface area (Å²) in [4.78, 5) is 7.00. The minimum absolute atomic E-state index is 0.203. The number of rotatable bonds is 7. The van der Waals surface area contributed by atoms with Crippen molar-refractivity contribution in [1.82, 2.24) is 24.9 Å². The van der Waals surface area contributed by atoms with Gasteiger partial charge in [-0.1, -0.05) is 11.3 Å². The normalized spacial score (nSPS) is 28.6. The fourth-order valence-electron chi connectivity index (χ4n) is 5.33. The molecule has 0 spiro atoms. The van der Waals surface area contributed by atoms with Gasteiger partial charge < -0.3 is 9.15 Å². The quantitative estimate of drug-likeness (QED) is 0.580. The molecule has 7 heteroatoms. The van der Waals surface area contributed by atoms with Gasteiger partial charge in [-0.3, -0.25) is 9.88 Å². The minimum atomic E-state index is 0.203. The summed E-state index contributed by atoms with van der Waals surface area (Å²) in [5, 5.41) is 8.95. The Morgan fingerprint density at radius 3 is 2.74 bits per heavy atom. The fourth-order valence-corrected chi connectivity index (χ4v) is 5.33. The lowest BCUT2D eigenvalue weighted by Gasteiger charge is -2.37. The first-order chi connectivity index (χ1) is 15.3. The van der Waals surface area contributed by atoms with E-state index in [1.165, 1.54) is 18.4 Å². The second-order valence-corrected chi connectivity index (χ2v) is 9.50. The number of pyridine rings is 1. The van der Waals surface area contributed by atoms with Crippen LogP contribution in [-0.2, 0) is 11.3 Å². The monoisotopic (exact) mass is 419 g/mol. The predicted molar refractivity (Wildman–Crippen MR) is 115 cm³/mol. The molecule has 2 aliphatic carbocycles. The van der Waals surface area contributed by atoms with Gasteiger partial charge in [0.2, 0.25) is 0 Å². The van der Waals surface area contributed by atoms with E-state index in [-0.39, 0.29) is 12.1 Å². The third-order valence-electron chi connectivity index (χ3n) is 7.17. The summed E-state index contributed by atoms with van der Waals surface area (Å²) >= 11 is 0. The maximum Gasteiger partial charge on any atom is 0.131 e. The molecule has 0 N–H and O–H groups in total. The van der Waals surface area contributed by atoms with Crippen molar-refractivity contribution in [1.29, 1.82) is 0 Å². The zero-order valence-corrected chi connectivity index (χ0v) is 17.7. The van der Waals surface area contributed by atoms with Gasteiger partial charge in [0.25, 0.3) is 0 Å². The third-order valence-corrected chi connectivity index (χ3v) is 7.17. The highest BCUT2D eigenvalue weighted by Gasteiger charge is 2.44. The lowest BCUT2D eigenvalue weighted by atomic mass is 9.77. The van der Waals surface area contributed by atoms with Crippen LogP contribution in [-0.4, -0.2) is 50.7 Å². The largest absolute Gasteiger partial charge is 0.472 e. The molecule has 0 radical (unpaired) electrons. The Labute approximate surface area is 182 Å². The zero-order valence-electron chi connectivity index (χ0n) is 17.7. The maximum atomic E-state index is 6.50. The molecule has 0 amide bonds. The van der Waals surface area contributed by atoms with Gasteiger partial charge in [0.15, 0.2) is 0 Å². The molecule has 0 unspecified atom stereocenters. The van der Waals surface area contributed by atoms with Gasteiger partial charge in [-0.05, 0) is 61.6 Å². The number of hydrogen-bond acceptors (Lipinski definition) is 6. The standard InChI is InChI=1S/C24H29N5O2/c1-2-7-25-21(3-1)22-14-29(27-26-22)23-9-19-12-28(11-18-6-8-30-15-18)13-20(19)10-24(23)31-16-17-4-5-17/h1-3,6-8,14-15,17,19-20,23-24H,4-5,9-13,16H2/t19-,20+,23-,24-/m1/s1. The first-order valence-electron chi connectivity index (χ1n) is 11.5. The molecule has 0 aromatic carbocycles. The fraction of sp³-hybridized carbons (Fsp3) is 0.542. The van der Waals surface area contributed by atoms with E-state index in [4.69, 9.17) is 9.15 Å². The Hall–Kier alpha value is -2.51. The molecule has 3 aromatic heterocycles. The summed E-state index contributed by atoms with van der Waals surface area (Å²) in [5.74, 6) is 2.12. The van der Waals surface area contributed by atoms with Crippen LogP contribution in [0.3, 0.4) is 0 Å². The summed E-state index contributed by atoms with van der Waals surface area (Å²) in [6.07, 6.45) is 12.5. The highest BCUT2D eigenvalue weighted by molar-refractivity contribution is 5.51. The summed E-state index contributed by atoms with van der Waals surface area (Å²) in [6.45, 7) is 4.12. The van der Waals surface area contributed by atoms with Crippen molar-refractivity contribution in [3.8, 4) is 11.4 Å². The molecule has 1 aliphatic heterocycles. The van der Waals surface area contributed by atoms with Crippen molar-refractivity contribution in [3.05, 3.63) is 54.7 Å². The highest BCUT2D eigenvalue weighted by Crippen LogP contribution is 2.43. The molecule has 4 heterocycles. The molecule has 31 heavy (non-hydrogen) atoms. The van der Waals surface area contributed by atoms with Crippen molar-refractivity contribution in [2.45, 2.75) is 44.4 Å². The predicted octanol–water partition coefficient (Wildman–Crippen LogP) is 3.81. The first-order valence-corrected chi connectivity index (χ1v) is 11.5. The molecule has 4 atom stereocenters. The Bertz CT molecular complexity index is 985. The number of hydrogen-bond donors (Lipinski definition) is 0. The van der Waals surface area contributed by atoms with Crippen LogP contribution >= 0.6 is 0 Å².